The largest absolute Gasteiger partial charge is 0.305 e. The monoisotopic (exact) mass is 354 g/mol. The fourth-order valence-electron chi connectivity index (χ4n) is 2.28. The van der Waals surface area contributed by atoms with Gasteiger partial charge in [0.1, 0.15) is 0 Å². The van der Waals surface area contributed by atoms with Gasteiger partial charge in [-0.25, -0.2) is 4.68 Å². The lowest BCUT2D eigenvalue weighted by Gasteiger charge is -2.03. The molecule has 3 aromatic rings. The molecule has 0 fully saturated rings. The number of carbonyl (C=O) groups is 1. The van der Waals surface area contributed by atoms with Crippen molar-refractivity contribution in [1.82, 2.24) is 20.6 Å². The summed E-state index contributed by atoms with van der Waals surface area (Å²) in [5.41, 5.74) is 5.92. The third-order valence-electron chi connectivity index (χ3n) is 3.51. The minimum Gasteiger partial charge on any atom is -0.305 e. The van der Waals surface area contributed by atoms with Crippen LogP contribution in [0.4, 0.5) is 0 Å². The molecule has 0 radical (unpaired) electrons. The fourth-order valence-corrected chi connectivity index (χ4v) is 2.46. The minimum absolute atomic E-state index is 0.299. The van der Waals surface area contributed by atoms with E-state index in [9.17, 15) is 9.59 Å². The van der Waals surface area contributed by atoms with Gasteiger partial charge in [0.25, 0.3) is 11.5 Å². The Morgan fingerprint density at radius 1 is 1.16 bits per heavy atom. The van der Waals surface area contributed by atoms with Crippen LogP contribution in [0, 0.1) is 0 Å². The zero-order valence-electron chi connectivity index (χ0n) is 13.1. The molecule has 0 atom stereocenters. The molecule has 1 amide bonds. The van der Waals surface area contributed by atoms with Crippen molar-refractivity contribution in [1.29, 1.82) is 0 Å². The molecule has 126 valence electrons. The Kier molecular flexibility index (Phi) is 4.72. The van der Waals surface area contributed by atoms with E-state index in [1.807, 2.05) is 6.07 Å². The van der Waals surface area contributed by atoms with Crippen molar-refractivity contribution in [3.8, 4) is 5.69 Å². The SMILES string of the molecule is C=c1[nH]n(-c2cccc(Cl)c2)c(=O)c1=CNNC(=O)c1ccccc1. The molecule has 1 aromatic heterocycles. The van der Waals surface area contributed by atoms with Crippen molar-refractivity contribution in [2.45, 2.75) is 0 Å². The highest BCUT2D eigenvalue weighted by atomic mass is 35.5. The van der Waals surface area contributed by atoms with Crippen LogP contribution in [0.15, 0.2) is 59.4 Å². The quantitative estimate of drug-likeness (QED) is 0.609. The maximum Gasteiger partial charge on any atom is 0.280 e. The van der Waals surface area contributed by atoms with Gasteiger partial charge in [-0.3, -0.25) is 20.1 Å². The molecule has 1 heterocycles. The maximum atomic E-state index is 12.5. The van der Waals surface area contributed by atoms with Gasteiger partial charge < -0.3 is 5.43 Å². The molecule has 0 aliphatic heterocycles. The summed E-state index contributed by atoms with van der Waals surface area (Å²) in [6.45, 7) is 3.81. The Hall–Kier alpha value is -3.25. The average Bonchev–Trinajstić information content (AvgIpc) is 2.90. The molecular weight excluding hydrogens is 340 g/mol. The predicted molar refractivity (Wildman–Crippen MR) is 97.7 cm³/mol. The van der Waals surface area contributed by atoms with Crippen LogP contribution in [0.2, 0.25) is 5.02 Å². The standard InChI is InChI=1S/C18H15ClN4O2/c1-12-16(11-20-21-17(24)13-6-3-2-4-7-13)18(25)23(22-12)15-9-5-8-14(19)10-15/h2-11,20,22H,1H2,(H,21,24). The van der Waals surface area contributed by atoms with Gasteiger partial charge in [0, 0.05) is 16.8 Å². The number of nitrogens with one attached hydrogen (secondary N) is 3. The minimum atomic E-state index is -0.312. The van der Waals surface area contributed by atoms with Crippen LogP contribution in [0.5, 0.6) is 0 Å². The summed E-state index contributed by atoms with van der Waals surface area (Å²) in [6.07, 6.45) is 1.39. The van der Waals surface area contributed by atoms with Crippen molar-refractivity contribution in [2.75, 3.05) is 0 Å². The van der Waals surface area contributed by atoms with Crippen molar-refractivity contribution in [2.24, 2.45) is 0 Å². The second-order valence-electron chi connectivity index (χ2n) is 5.23. The third kappa shape index (κ3) is 3.64. The van der Waals surface area contributed by atoms with Crippen molar-refractivity contribution >= 4 is 30.3 Å². The van der Waals surface area contributed by atoms with Crippen molar-refractivity contribution < 1.29 is 4.79 Å². The second kappa shape index (κ2) is 7.11. The number of aromatic nitrogens is 2. The summed E-state index contributed by atoms with van der Waals surface area (Å²) in [5, 5.41) is 4.10. The molecular formula is C18H15ClN4O2. The number of halogens is 1. The third-order valence-corrected chi connectivity index (χ3v) is 3.75. The van der Waals surface area contributed by atoms with E-state index in [-0.39, 0.29) is 11.5 Å². The smallest absolute Gasteiger partial charge is 0.280 e. The topological polar surface area (TPSA) is 78.9 Å². The summed E-state index contributed by atoms with van der Waals surface area (Å²) in [7, 11) is 0. The first-order chi connectivity index (χ1) is 12.1. The zero-order chi connectivity index (χ0) is 17.8. The summed E-state index contributed by atoms with van der Waals surface area (Å²) in [6, 6.07) is 15.6. The summed E-state index contributed by atoms with van der Waals surface area (Å²) >= 11 is 5.96. The molecule has 6 nitrogen and oxygen atoms in total. The van der Waals surface area contributed by atoms with Gasteiger partial charge in [-0.2, -0.15) is 0 Å². The normalized spacial score (nSPS) is 11.3. The highest BCUT2D eigenvalue weighted by Crippen LogP contribution is 2.11. The van der Waals surface area contributed by atoms with Gasteiger partial charge in [-0.15, -0.1) is 0 Å². The molecule has 7 heteroatoms. The van der Waals surface area contributed by atoms with E-state index in [1.54, 1.807) is 48.5 Å². The van der Waals surface area contributed by atoms with Crippen LogP contribution < -0.4 is 27.0 Å². The zero-order valence-corrected chi connectivity index (χ0v) is 13.9. The van der Waals surface area contributed by atoms with E-state index in [0.29, 0.717) is 26.8 Å². The Morgan fingerprint density at radius 2 is 1.92 bits per heavy atom. The number of hydrazine groups is 1. The van der Waals surface area contributed by atoms with Gasteiger partial charge in [0.2, 0.25) is 0 Å². The van der Waals surface area contributed by atoms with E-state index >= 15 is 0 Å². The molecule has 0 spiro atoms. The van der Waals surface area contributed by atoms with Crippen LogP contribution >= 0.6 is 11.6 Å². The number of hydrogen-bond donors (Lipinski definition) is 3. The summed E-state index contributed by atoms with van der Waals surface area (Å²) < 4.78 is 1.33. The van der Waals surface area contributed by atoms with Crippen LogP contribution in [-0.2, 0) is 0 Å². The van der Waals surface area contributed by atoms with Crippen LogP contribution in [0.1, 0.15) is 10.4 Å². The number of aromatic amines is 1. The lowest BCUT2D eigenvalue weighted by molar-refractivity contribution is 0.0943. The number of carbonyl (C=O) groups excluding carboxylic acids is 1. The molecule has 3 N–H and O–H groups in total. The van der Waals surface area contributed by atoms with E-state index < -0.39 is 0 Å². The number of benzene rings is 2. The van der Waals surface area contributed by atoms with Crippen molar-refractivity contribution in [3.63, 3.8) is 0 Å². The molecule has 3 rings (SSSR count). The molecule has 0 saturated heterocycles. The number of nitrogens with zero attached hydrogens (tertiary/aromatic N) is 1. The van der Waals surface area contributed by atoms with Crippen LogP contribution in [-0.4, -0.2) is 15.7 Å². The number of amides is 1. The fraction of sp³-hybridized carbons (Fsp3) is 0. The second-order valence-corrected chi connectivity index (χ2v) is 5.67. The van der Waals surface area contributed by atoms with Crippen molar-refractivity contribution in [3.05, 3.63) is 86.1 Å². The molecule has 0 saturated carbocycles. The molecule has 0 bridgehead atoms. The summed E-state index contributed by atoms with van der Waals surface area (Å²) in [5.74, 6) is -0.312. The first-order valence-electron chi connectivity index (χ1n) is 7.43. The van der Waals surface area contributed by atoms with E-state index in [4.69, 9.17) is 11.6 Å². The molecule has 25 heavy (non-hydrogen) atoms. The molecule has 0 unspecified atom stereocenters. The van der Waals surface area contributed by atoms with Gasteiger partial charge in [0.05, 0.1) is 16.3 Å². The summed E-state index contributed by atoms with van der Waals surface area (Å²) in [4.78, 5) is 24.5. The van der Waals surface area contributed by atoms with E-state index in [2.05, 4.69) is 22.5 Å². The van der Waals surface area contributed by atoms with Crippen LogP contribution in [0.25, 0.3) is 18.5 Å². The Labute approximate surface area is 148 Å². The predicted octanol–water partition coefficient (Wildman–Crippen LogP) is 0.902. The Morgan fingerprint density at radius 3 is 2.64 bits per heavy atom. The highest BCUT2D eigenvalue weighted by Gasteiger charge is 2.06. The molecule has 0 aliphatic rings. The average molecular weight is 355 g/mol. The molecule has 0 aliphatic carbocycles. The van der Waals surface area contributed by atoms with Gasteiger partial charge in [-0.1, -0.05) is 42.4 Å². The maximum absolute atomic E-state index is 12.5. The van der Waals surface area contributed by atoms with Gasteiger partial charge in [-0.05, 0) is 30.3 Å². The number of H-pyrrole nitrogens is 1. The highest BCUT2D eigenvalue weighted by molar-refractivity contribution is 6.30. The van der Waals surface area contributed by atoms with Gasteiger partial charge >= 0.3 is 0 Å². The Bertz CT molecular complexity index is 1070. The first kappa shape index (κ1) is 16.6. The lowest BCUT2D eigenvalue weighted by atomic mass is 10.2. The molecule has 2 aromatic carbocycles. The Balaban J connectivity index is 1.84. The van der Waals surface area contributed by atoms with E-state index in [1.165, 1.54) is 10.9 Å². The van der Waals surface area contributed by atoms with Gasteiger partial charge in [0.15, 0.2) is 0 Å². The van der Waals surface area contributed by atoms with Crippen LogP contribution in [0.3, 0.4) is 0 Å². The number of rotatable bonds is 4. The lowest BCUT2D eigenvalue weighted by Crippen LogP contribution is -2.40. The van der Waals surface area contributed by atoms with E-state index in [0.717, 1.165) is 0 Å². The number of hydrogen-bond acceptors (Lipinski definition) is 3. The first-order valence-corrected chi connectivity index (χ1v) is 7.81.